The van der Waals surface area contributed by atoms with Gasteiger partial charge in [0.1, 0.15) is 5.01 Å². The Labute approximate surface area is 191 Å². The molecule has 0 aliphatic carbocycles. The summed E-state index contributed by atoms with van der Waals surface area (Å²) >= 11 is 3.23. The molecule has 3 heterocycles. The molecule has 3 aromatic rings. The predicted molar refractivity (Wildman–Crippen MR) is 126 cm³/mol. The zero-order chi connectivity index (χ0) is 21.6. The molecule has 1 aliphatic heterocycles. The number of hydrogen-bond donors (Lipinski definition) is 1. The van der Waals surface area contributed by atoms with E-state index in [9.17, 15) is 9.59 Å². The van der Waals surface area contributed by atoms with Gasteiger partial charge in [0.25, 0.3) is 0 Å². The number of hydrogen-bond acceptors (Lipinski definition) is 5. The first-order valence-electron chi connectivity index (χ1n) is 10.8. The van der Waals surface area contributed by atoms with Crippen LogP contribution in [0.4, 0.5) is 0 Å². The molecule has 31 heavy (non-hydrogen) atoms. The molecule has 1 saturated heterocycles. The molecule has 4 rings (SSSR count). The highest BCUT2D eigenvalue weighted by Crippen LogP contribution is 2.28. The van der Waals surface area contributed by atoms with Crippen molar-refractivity contribution in [1.82, 2.24) is 15.2 Å². The Morgan fingerprint density at radius 3 is 2.58 bits per heavy atom. The topological polar surface area (TPSA) is 62.3 Å². The molecule has 1 atom stereocenters. The zero-order valence-electron chi connectivity index (χ0n) is 17.6. The van der Waals surface area contributed by atoms with Gasteiger partial charge in [-0.2, -0.15) is 0 Å². The van der Waals surface area contributed by atoms with Gasteiger partial charge in [-0.3, -0.25) is 9.59 Å². The summed E-state index contributed by atoms with van der Waals surface area (Å²) in [5.74, 6) is 0.111. The second-order valence-electron chi connectivity index (χ2n) is 7.84. The summed E-state index contributed by atoms with van der Waals surface area (Å²) in [5.41, 5.74) is 1.89. The van der Waals surface area contributed by atoms with E-state index < -0.39 is 0 Å². The van der Waals surface area contributed by atoms with E-state index in [1.54, 1.807) is 22.7 Å². The summed E-state index contributed by atoms with van der Waals surface area (Å²) in [6, 6.07) is 14.2. The largest absolute Gasteiger partial charge is 0.353 e. The number of rotatable bonds is 7. The lowest BCUT2D eigenvalue weighted by Crippen LogP contribution is -2.48. The standard InChI is InChI=1S/C24H27N3O2S2/c1-2-20(17-7-4-3-5-8-17)24(29)27-12-10-18(11-13-27)25-22(28)15-19-16-31-23(26-19)21-9-6-14-30-21/h3-9,14,16,18,20H,2,10-13,15H2,1H3,(H,25,28). The average Bonchev–Trinajstić information content (AvgIpc) is 3.47. The van der Waals surface area contributed by atoms with E-state index >= 15 is 0 Å². The van der Waals surface area contributed by atoms with Gasteiger partial charge in [-0.25, -0.2) is 4.98 Å². The SMILES string of the molecule is CCC(C(=O)N1CCC(NC(=O)Cc2csc(-c3cccs3)n2)CC1)c1ccccc1. The fourth-order valence-corrected chi connectivity index (χ4v) is 5.68. The van der Waals surface area contributed by atoms with Crippen LogP contribution in [-0.4, -0.2) is 40.8 Å². The number of benzene rings is 1. The Morgan fingerprint density at radius 1 is 1.13 bits per heavy atom. The number of carbonyl (C=O) groups is 2. The third-order valence-corrected chi connectivity index (χ3v) is 7.64. The summed E-state index contributed by atoms with van der Waals surface area (Å²) in [6.07, 6.45) is 2.67. The van der Waals surface area contributed by atoms with Crippen molar-refractivity contribution >= 4 is 34.5 Å². The summed E-state index contributed by atoms with van der Waals surface area (Å²) < 4.78 is 0. The van der Waals surface area contributed by atoms with E-state index in [-0.39, 0.29) is 23.8 Å². The van der Waals surface area contributed by atoms with Crippen LogP contribution in [0.3, 0.4) is 0 Å². The van der Waals surface area contributed by atoms with Gasteiger partial charge >= 0.3 is 0 Å². The molecule has 7 heteroatoms. The Hall–Kier alpha value is -2.51. The molecular weight excluding hydrogens is 426 g/mol. The van der Waals surface area contributed by atoms with Crippen molar-refractivity contribution in [2.45, 2.75) is 44.6 Å². The highest BCUT2D eigenvalue weighted by molar-refractivity contribution is 7.20. The molecule has 1 unspecified atom stereocenters. The van der Waals surface area contributed by atoms with Crippen LogP contribution >= 0.6 is 22.7 Å². The molecular formula is C24H27N3O2S2. The monoisotopic (exact) mass is 453 g/mol. The van der Waals surface area contributed by atoms with E-state index in [0.717, 1.165) is 40.4 Å². The Morgan fingerprint density at radius 2 is 1.90 bits per heavy atom. The van der Waals surface area contributed by atoms with Gasteiger partial charge in [-0.1, -0.05) is 43.3 Å². The number of carbonyl (C=O) groups excluding carboxylic acids is 2. The van der Waals surface area contributed by atoms with Crippen LogP contribution in [0.5, 0.6) is 0 Å². The van der Waals surface area contributed by atoms with Gasteiger partial charge in [0, 0.05) is 24.5 Å². The molecule has 2 aromatic heterocycles. The lowest BCUT2D eigenvalue weighted by atomic mass is 9.93. The van der Waals surface area contributed by atoms with Crippen LogP contribution in [0.15, 0.2) is 53.2 Å². The molecule has 0 saturated carbocycles. The minimum absolute atomic E-state index is 0.00327. The maximum atomic E-state index is 13.0. The third kappa shape index (κ3) is 5.40. The first-order valence-corrected chi connectivity index (χ1v) is 12.5. The van der Waals surface area contributed by atoms with Crippen LogP contribution in [-0.2, 0) is 16.0 Å². The smallest absolute Gasteiger partial charge is 0.230 e. The molecule has 162 valence electrons. The van der Waals surface area contributed by atoms with Crippen molar-refractivity contribution in [3.63, 3.8) is 0 Å². The van der Waals surface area contributed by atoms with Crippen LogP contribution in [0.2, 0.25) is 0 Å². The quantitative estimate of drug-likeness (QED) is 0.563. The van der Waals surface area contributed by atoms with Gasteiger partial charge < -0.3 is 10.2 Å². The van der Waals surface area contributed by atoms with Crippen molar-refractivity contribution < 1.29 is 9.59 Å². The number of aromatic nitrogens is 1. The van der Waals surface area contributed by atoms with Crippen molar-refractivity contribution in [3.05, 3.63) is 64.5 Å². The van der Waals surface area contributed by atoms with Crippen LogP contribution in [0.25, 0.3) is 9.88 Å². The van der Waals surface area contributed by atoms with Gasteiger partial charge in [-0.05, 0) is 36.3 Å². The molecule has 0 spiro atoms. The van der Waals surface area contributed by atoms with Gasteiger partial charge in [-0.15, -0.1) is 22.7 Å². The van der Waals surface area contributed by atoms with Crippen molar-refractivity contribution in [3.8, 4) is 9.88 Å². The summed E-state index contributed by atoms with van der Waals surface area (Å²) in [6.45, 7) is 3.43. The lowest BCUT2D eigenvalue weighted by molar-refractivity contribution is -0.134. The fourth-order valence-electron chi connectivity index (χ4n) is 4.05. The lowest BCUT2D eigenvalue weighted by Gasteiger charge is -2.34. The maximum absolute atomic E-state index is 13.0. The zero-order valence-corrected chi connectivity index (χ0v) is 19.3. The summed E-state index contributed by atoms with van der Waals surface area (Å²) in [5, 5.41) is 8.10. The number of likely N-dealkylation sites (tertiary alicyclic amines) is 1. The second-order valence-corrected chi connectivity index (χ2v) is 9.64. The van der Waals surface area contributed by atoms with Crippen molar-refractivity contribution in [2.24, 2.45) is 0 Å². The Kier molecular flexibility index (Phi) is 7.14. The number of thiazole rings is 1. The number of nitrogens with one attached hydrogen (secondary N) is 1. The number of amides is 2. The summed E-state index contributed by atoms with van der Waals surface area (Å²) in [7, 11) is 0. The van der Waals surface area contributed by atoms with E-state index in [4.69, 9.17) is 0 Å². The molecule has 5 nitrogen and oxygen atoms in total. The fraction of sp³-hybridized carbons (Fsp3) is 0.375. The minimum Gasteiger partial charge on any atom is -0.353 e. The highest BCUT2D eigenvalue weighted by Gasteiger charge is 2.28. The molecule has 0 radical (unpaired) electrons. The predicted octanol–water partition coefficient (Wildman–Crippen LogP) is 4.72. The molecule has 1 aliphatic rings. The normalized spacial score (nSPS) is 15.6. The molecule has 1 fully saturated rings. The Balaban J connectivity index is 1.26. The van der Waals surface area contributed by atoms with Crippen molar-refractivity contribution in [1.29, 1.82) is 0 Å². The minimum atomic E-state index is -0.0884. The maximum Gasteiger partial charge on any atom is 0.230 e. The first-order chi connectivity index (χ1) is 15.1. The van der Waals surface area contributed by atoms with Gasteiger partial charge in [0.05, 0.1) is 22.9 Å². The number of thiophene rings is 1. The van der Waals surface area contributed by atoms with Crippen LogP contribution in [0.1, 0.15) is 43.4 Å². The van der Waals surface area contributed by atoms with Gasteiger partial charge in [0.2, 0.25) is 11.8 Å². The molecule has 0 bridgehead atoms. The van der Waals surface area contributed by atoms with Gasteiger partial charge in [0.15, 0.2) is 0 Å². The van der Waals surface area contributed by atoms with E-state index in [1.807, 2.05) is 58.1 Å². The Bertz CT molecular complexity index is 993. The summed E-state index contributed by atoms with van der Waals surface area (Å²) in [4.78, 5) is 33.2. The van der Waals surface area contributed by atoms with Crippen LogP contribution < -0.4 is 5.32 Å². The number of nitrogens with zero attached hydrogens (tertiary/aromatic N) is 2. The molecule has 2 amide bonds. The third-order valence-electron chi connectivity index (χ3n) is 5.71. The second kappa shape index (κ2) is 10.2. The van der Waals surface area contributed by atoms with E-state index in [1.165, 1.54) is 0 Å². The van der Waals surface area contributed by atoms with E-state index in [0.29, 0.717) is 19.5 Å². The average molecular weight is 454 g/mol. The number of piperidine rings is 1. The highest BCUT2D eigenvalue weighted by atomic mass is 32.1. The van der Waals surface area contributed by atoms with Crippen molar-refractivity contribution in [2.75, 3.05) is 13.1 Å². The van der Waals surface area contributed by atoms with E-state index in [2.05, 4.69) is 17.2 Å². The van der Waals surface area contributed by atoms with Crippen LogP contribution in [0, 0.1) is 0 Å². The molecule has 1 N–H and O–H groups in total. The molecule has 1 aromatic carbocycles. The first kappa shape index (κ1) is 21.7.